The summed E-state index contributed by atoms with van der Waals surface area (Å²) in [5.41, 5.74) is 3.21. The quantitative estimate of drug-likeness (QED) is 0.549. The number of methoxy groups -OCH3 is 1. The fourth-order valence-corrected chi connectivity index (χ4v) is 2.51. The lowest BCUT2D eigenvalue weighted by Gasteiger charge is -2.32. The molecule has 3 rings (SSSR count). The molecule has 0 unspecified atom stereocenters. The van der Waals surface area contributed by atoms with E-state index in [1.165, 1.54) is 13.3 Å². The van der Waals surface area contributed by atoms with Crippen LogP contribution in [0.2, 0.25) is 0 Å². The molecule has 2 aliphatic heterocycles. The molecule has 1 aromatic carbocycles. The minimum atomic E-state index is -0.318. The molecule has 0 aliphatic carbocycles. The molecule has 1 aromatic rings. The minimum Gasteiger partial charge on any atom is -0.504 e. The van der Waals surface area contributed by atoms with Crippen LogP contribution in [-0.2, 0) is 4.74 Å². The van der Waals surface area contributed by atoms with Crippen LogP contribution in [-0.4, -0.2) is 62.1 Å². The zero-order valence-corrected chi connectivity index (χ0v) is 13.8. The Morgan fingerprint density at radius 2 is 2.24 bits per heavy atom. The van der Waals surface area contributed by atoms with E-state index in [2.05, 4.69) is 20.8 Å². The van der Waals surface area contributed by atoms with Gasteiger partial charge in [0.1, 0.15) is 5.82 Å². The third-order valence-electron chi connectivity index (χ3n) is 3.82. The summed E-state index contributed by atoms with van der Waals surface area (Å²) in [5.74, 6) is 0.759. The Morgan fingerprint density at radius 3 is 3.00 bits per heavy atom. The van der Waals surface area contributed by atoms with Crippen molar-refractivity contribution in [3.63, 3.8) is 0 Å². The van der Waals surface area contributed by atoms with Crippen molar-refractivity contribution in [2.75, 3.05) is 40.0 Å². The van der Waals surface area contributed by atoms with E-state index in [9.17, 15) is 9.50 Å². The number of halogens is 1. The van der Waals surface area contributed by atoms with Gasteiger partial charge in [-0.1, -0.05) is 6.07 Å². The van der Waals surface area contributed by atoms with Gasteiger partial charge in [-0.3, -0.25) is 0 Å². The van der Waals surface area contributed by atoms with Crippen LogP contribution in [0.25, 0.3) is 0 Å². The number of rotatable bonds is 4. The summed E-state index contributed by atoms with van der Waals surface area (Å²) in [7, 11) is 1.48. The van der Waals surface area contributed by atoms with Crippen LogP contribution >= 0.6 is 0 Å². The lowest BCUT2D eigenvalue weighted by Crippen LogP contribution is -2.47. The maximum absolute atomic E-state index is 14.0. The highest BCUT2D eigenvalue weighted by atomic mass is 19.1. The summed E-state index contributed by atoms with van der Waals surface area (Å²) in [6.07, 6.45) is 1.44. The summed E-state index contributed by atoms with van der Waals surface area (Å²) in [5, 5.41) is 17.0. The second-order valence-corrected chi connectivity index (χ2v) is 5.41. The Labute approximate surface area is 144 Å². The zero-order valence-electron chi connectivity index (χ0n) is 13.8. The number of phenols is 1. The van der Waals surface area contributed by atoms with Gasteiger partial charge >= 0.3 is 0 Å². The fraction of sp³-hybridized carbons (Fsp3) is 0.375. The van der Waals surface area contributed by atoms with Crippen molar-refractivity contribution in [3.8, 4) is 11.5 Å². The predicted octanol–water partition coefficient (Wildman–Crippen LogP) is 0.754. The molecule has 0 bridgehead atoms. The van der Waals surface area contributed by atoms with Gasteiger partial charge in [0, 0.05) is 18.7 Å². The van der Waals surface area contributed by atoms with Crippen molar-refractivity contribution in [1.82, 2.24) is 15.6 Å². The van der Waals surface area contributed by atoms with Crippen molar-refractivity contribution in [2.24, 2.45) is 10.1 Å². The Bertz CT molecular complexity index is 714. The lowest BCUT2D eigenvalue weighted by atomic mass is 10.2. The summed E-state index contributed by atoms with van der Waals surface area (Å²) in [4.78, 5) is 5.93. The number of hydrazone groups is 1. The van der Waals surface area contributed by atoms with Gasteiger partial charge in [-0.15, -0.1) is 0 Å². The smallest absolute Gasteiger partial charge is 0.218 e. The first-order chi connectivity index (χ1) is 12.2. The Balaban J connectivity index is 1.62. The molecule has 8 nitrogen and oxygen atoms in total. The number of hydrogen-bond donors (Lipinski definition) is 3. The third kappa shape index (κ3) is 4.00. The Morgan fingerprint density at radius 1 is 1.44 bits per heavy atom. The molecule has 1 fully saturated rings. The van der Waals surface area contributed by atoms with Crippen LogP contribution in [0.15, 0.2) is 39.9 Å². The molecule has 0 spiro atoms. The van der Waals surface area contributed by atoms with E-state index < -0.39 is 0 Å². The van der Waals surface area contributed by atoms with Gasteiger partial charge in [-0.25, -0.2) is 14.8 Å². The van der Waals surface area contributed by atoms with E-state index in [1.54, 1.807) is 18.2 Å². The summed E-state index contributed by atoms with van der Waals surface area (Å²) >= 11 is 0. The Kier molecular flexibility index (Phi) is 5.34. The van der Waals surface area contributed by atoms with Crippen molar-refractivity contribution in [3.05, 3.63) is 35.4 Å². The van der Waals surface area contributed by atoms with E-state index in [0.717, 1.165) is 0 Å². The van der Waals surface area contributed by atoms with E-state index >= 15 is 0 Å². The third-order valence-corrected chi connectivity index (χ3v) is 3.82. The molecule has 0 aromatic heterocycles. The van der Waals surface area contributed by atoms with Gasteiger partial charge in [-0.2, -0.15) is 5.10 Å². The number of guanidine groups is 1. The summed E-state index contributed by atoms with van der Waals surface area (Å²) in [6.45, 7) is 2.30. The normalized spacial score (nSPS) is 18.2. The first-order valence-electron chi connectivity index (χ1n) is 7.87. The van der Waals surface area contributed by atoms with Gasteiger partial charge < -0.3 is 24.8 Å². The van der Waals surface area contributed by atoms with Crippen LogP contribution in [0, 0.1) is 0 Å². The Hall–Kier alpha value is -2.81. The molecule has 134 valence electrons. The highest BCUT2D eigenvalue weighted by Gasteiger charge is 2.22. The number of nitrogens with zero attached hydrogens (tertiary/aromatic N) is 3. The van der Waals surface area contributed by atoms with Crippen molar-refractivity contribution < 1.29 is 19.0 Å². The molecular weight excluding hydrogens is 329 g/mol. The SMILES string of the molecule is COc1cccc(/C=N\NC2=NCC(F)=C(N3CCOCC3)N2)c1O. The molecule has 0 atom stereocenters. The van der Waals surface area contributed by atoms with Crippen LogP contribution in [0.5, 0.6) is 11.5 Å². The molecule has 0 amide bonds. The zero-order chi connectivity index (χ0) is 17.6. The number of morpholine rings is 1. The van der Waals surface area contributed by atoms with Gasteiger partial charge in [0.2, 0.25) is 5.96 Å². The molecule has 1 saturated heterocycles. The number of nitrogens with one attached hydrogen (secondary N) is 2. The predicted molar refractivity (Wildman–Crippen MR) is 91.4 cm³/mol. The van der Waals surface area contributed by atoms with Gasteiger partial charge in [0.15, 0.2) is 17.3 Å². The monoisotopic (exact) mass is 349 g/mol. The molecule has 9 heteroatoms. The van der Waals surface area contributed by atoms with Crippen molar-refractivity contribution in [1.29, 1.82) is 0 Å². The molecular formula is C16H20FN5O3. The van der Waals surface area contributed by atoms with Crippen LogP contribution in [0.4, 0.5) is 4.39 Å². The number of aliphatic imine (C=N–C) groups is 1. The summed E-state index contributed by atoms with van der Waals surface area (Å²) in [6, 6.07) is 5.08. The standard InChI is InChI=1S/C16H20FN5O3/c1-24-13-4-2-3-11(14(13)23)9-19-21-16-18-10-12(17)15(20-16)22-5-7-25-8-6-22/h2-4,9,23H,5-8,10H2,1H3,(H2,18,20,21)/b19-9-. The van der Waals surface area contributed by atoms with E-state index in [1.807, 2.05) is 4.90 Å². The molecule has 2 aliphatic rings. The first kappa shape index (κ1) is 17.0. The molecule has 25 heavy (non-hydrogen) atoms. The average Bonchev–Trinajstić information content (AvgIpc) is 2.65. The highest BCUT2D eigenvalue weighted by molar-refractivity contribution is 5.87. The number of para-hydroxylation sites is 1. The largest absolute Gasteiger partial charge is 0.504 e. The van der Waals surface area contributed by atoms with Gasteiger partial charge in [0.25, 0.3) is 0 Å². The van der Waals surface area contributed by atoms with E-state index in [4.69, 9.17) is 9.47 Å². The number of benzene rings is 1. The highest BCUT2D eigenvalue weighted by Crippen LogP contribution is 2.27. The molecule has 3 N–H and O–H groups in total. The maximum Gasteiger partial charge on any atom is 0.218 e. The molecule has 2 heterocycles. The van der Waals surface area contributed by atoms with E-state index in [-0.39, 0.29) is 18.1 Å². The molecule has 0 radical (unpaired) electrons. The van der Waals surface area contributed by atoms with Gasteiger partial charge in [0.05, 0.1) is 33.1 Å². The van der Waals surface area contributed by atoms with Crippen molar-refractivity contribution in [2.45, 2.75) is 0 Å². The molecule has 0 saturated carbocycles. The van der Waals surface area contributed by atoms with E-state index in [0.29, 0.717) is 49.4 Å². The minimum absolute atomic E-state index is 0.00552. The maximum atomic E-state index is 14.0. The van der Waals surface area contributed by atoms with Crippen LogP contribution in [0.1, 0.15) is 5.56 Å². The summed E-state index contributed by atoms with van der Waals surface area (Å²) < 4.78 is 24.4. The second kappa shape index (κ2) is 7.84. The number of phenolic OH excluding ortho intramolecular Hbond substituents is 1. The average molecular weight is 349 g/mol. The number of aromatic hydroxyl groups is 1. The number of hydrogen-bond acceptors (Lipinski definition) is 8. The van der Waals surface area contributed by atoms with Crippen LogP contribution < -0.4 is 15.5 Å². The first-order valence-corrected chi connectivity index (χ1v) is 7.87. The lowest BCUT2D eigenvalue weighted by molar-refractivity contribution is 0.0498. The van der Waals surface area contributed by atoms with Gasteiger partial charge in [-0.05, 0) is 12.1 Å². The van der Waals surface area contributed by atoms with Crippen molar-refractivity contribution >= 4 is 12.2 Å². The second-order valence-electron chi connectivity index (χ2n) is 5.41. The van der Waals surface area contributed by atoms with Crippen LogP contribution in [0.3, 0.4) is 0 Å². The topological polar surface area (TPSA) is 90.7 Å². The number of ether oxygens (including phenoxy) is 2. The fourth-order valence-electron chi connectivity index (χ4n) is 2.51.